The Kier molecular flexibility index (Phi) is 9.71. The van der Waals surface area contributed by atoms with Crippen LogP contribution in [-0.2, 0) is 25.5 Å². The molecule has 0 bridgehead atoms. The first-order valence-electron chi connectivity index (χ1n) is 13.3. The molecule has 5 unspecified atom stereocenters. The summed E-state index contributed by atoms with van der Waals surface area (Å²) in [6.07, 6.45) is 1.67. The van der Waals surface area contributed by atoms with Crippen molar-refractivity contribution < 1.29 is 34.1 Å². The molecule has 5 atom stereocenters. The lowest BCUT2D eigenvalue weighted by atomic mass is 9.87. The molecule has 0 saturated carbocycles. The largest absolute Gasteiger partial charge is 0.439 e. The zero-order valence-corrected chi connectivity index (χ0v) is 23.5. The highest BCUT2D eigenvalue weighted by molar-refractivity contribution is 9.11. The number of rotatable bonds is 11. The summed E-state index contributed by atoms with van der Waals surface area (Å²) in [4.78, 5) is 41.4. The van der Waals surface area contributed by atoms with Crippen molar-refractivity contribution in [3.05, 3.63) is 82.3 Å². The quantitative estimate of drug-likeness (QED) is 0.355. The molecule has 2 heterocycles. The minimum absolute atomic E-state index is 0.104. The van der Waals surface area contributed by atoms with Gasteiger partial charge in [-0.3, -0.25) is 9.59 Å². The van der Waals surface area contributed by atoms with Gasteiger partial charge in [-0.2, -0.15) is 0 Å². The van der Waals surface area contributed by atoms with Crippen LogP contribution in [0.3, 0.4) is 0 Å². The van der Waals surface area contributed by atoms with Crippen LogP contribution in [0.5, 0.6) is 0 Å². The standard InChI is InChI=1S/C30H34BrNO7/c1-20-26(22-14-8-5-9-15-22)38-29(36)32(20)28(35)23(18-21-12-6-4-7-13-21)27-24(34)19-25(31)30(37,39-27)16-10-2-3-11-17-33/h4-9,12-15,19-20,23,26-27,33,37H,2-3,10-11,16-18H2,1H3. The third kappa shape index (κ3) is 6.66. The molecule has 8 nitrogen and oxygen atoms in total. The number of benzene rings is 2. The highest BCUT2D eigenvalue weighted by Crippen LogP contribution is 2.39. The fourth-order valence-electron chi connectivity index (χ4n) is 5.15. The van der Waals surface area contributed by atoms with Crippen LogP contribution in [0.4, 0.5) is 4.79 Å². The Balaban J connectivity index is 1.61. The first-order valence-corrected chi connectivity index (χ1v) is 14.1. The summed E-state index contributed by atoms with van der Waals surface area (Å²) < 4.78 is 11.8. The number of cyclic esters (lactones) is 1. The molecule has 0 radical (unpaired) electrons. The molecule has 9 heteroatoms. The molecule has 2 amide bonds. The summed E-state index contributed by atoms with van der Waals surface area (Å²) in [7, 11) is 0. The van der Waals surface area contributed by atoms with Gasteiger partial charge in [-0.1, -0.05) is 73.5 Å². The number of aliphatic hydroxyl groups is 2. The second-order valence-corrected chi connectivity index (χ2v) is 10.9. The van der Waals surface area contributed by atoms with E-state index in [1.807, 2.05) is 60.7 Å². The highest BCUT2D eigenvalue weighted by atomic mass is 79.9. The molecule has 208 valence electrons. The maximum absolute atomic E-state index is 14.1. The van der Waals surface area contributed by atoms with Gasteiger partial charge in [0.1, 0.15) is 12.2 Å². The number of ether oxygens (including phenoxy) is 2. The van der Waals surface area contributed by atoms with Crippen LogP contribution >= 0.6 is 15.9 Å². The lowest BCUT2D eigenvalue weighted by Gasteiger charge is -2.38. The topological polar surface area (TPSA) is 113 Å². The summed E-state index contributed by atoms with van der Waals surface area (Å²) in [6.45, 7) is 1.84. The fraction of sp³-hybridized carbons (Fsp3) is 0.433. The number of carbonyl (C=O) groups is 3. The summed E-state index contributed by atoms with van der Waals surface area (Å²) >= 11 is 3.29. The van der Waals surface area contributed by atoms with E-state index in [2.05, 4.69) is 15.9 Å². The van der Waals surface area contributed by atoms with Crippen molar-refractivity contribution in [2.45, 2.75) is 69.5 Å². The first-order chi connectivity index (χ1) is 18.7. The molecule has 4 rings (SSSR count). The van der Waals surface area contributed by atoms with Gasteiger partial charge in [-0.15, -0.1) is 0 Å². The molecule has 2 aromatic carbocycles. The Morgan fingerprint density at radius 2 is 1.67 bits per heavy atom. The monoisotopic (exact) mass is 599 g/mol. The Bertz CT molecular complexity index is 1190. The summed E-state index contributed by atoms with van der Waals surface area (Å²) in [5.41, 5.74) is 1.55. The minimum atomic E-state index is -1.79. The van der Waals surface area contributed by atoms with Crippen LogP contribution < -0.4 is 0 Å². The van der Waals surface area contributed by atoms with Gasteiger partial charge in [-0.25, -0.2) is 9.69 Å². The van der Waals surface area contributed by atoms with E-state index in [9.17, 15) is 19.5 Å². The lowest BCUT2D eigenvalue weighted by Crippen LogP contribution is -2.53. The van der Waals surface area contributed by atoms with Gasteiger partial charge >= 0.3 is 6.09 Å². The molecule has 0 aliphatic carbocycles. The van der Waals surface area contributed by atoms with Crippen molar-refractivity contribution in [3.8, 4) is 0 Å². The number of amides is 2. The average Bonchev–Trinajstić information content (AvgIpc) is 3.24. The highest BCUT2D eigenvalue weighted by Gasteiger charge is 2.51. The Labute approximate surface area is 236 Å². The maximum Gasteiger partial charge on any atom is 0.417 e. The van der Waals surface area contributed by atoms with E-state index in [0.717, 1.165) is 28.9 Å². The van der Waals surface area contributed by atoms with Gasteiger partial charge in [-0.05, 0) is 59.3 Å². The van der Waals surface area contributed by atoms with E-state index in [1.165, 1.54) is 6.08 Å². The SMILES string of the molecule is CC1C(c2ccccc2)OC(=O)N1C(=O)C(Cc1ccccc1)C1OC(O)(CCCCCCO)C(Br)=CC1=O. The molecule has 2 aliphatic heterocycles. The van der Waals surface area contributed by atoms with Gasteiger partial charge in [0.15, 0.2) is 11.6 Å². The van der Waals surface area contributed by atoms with Gasteiger partial charge in [0.25, 0.3) is 0 Å². The van der Waals surface area contributed by atoms with Crippen molar-refractivity contribution in [1.82, 2.24) is 4.90 Å². The molecule has 2 N–H and O–H groups in total. The van der Waals surface area contributed by atoms with Crippen molar-refractivity contribution in [1.29, 1.82) is 0 Å². The summed E-state index contributed by atoms with van der Waals surface area (Å²) in [6, 6.07) is 17.8. The zero-order chi connectivity index (χ0) is 28.0. The van der Waals surface area contributed by atoms with E-state index in [4.69, 9.17) is 14.6 Å². The average molecular weight is 601 g/mol. The predicted molar refractivity (Wildman–Crippen MR) is 148 cm³/mol. The number of aliphatic hydroxyl groups excluding tert-OH is 1. The molecule has 0 spiro atoms. The van der Waals surface area contributed by atoms with Crippen molar-refractivity contribution in [2.24, 2.45) is 5.92 Å². The Morgan fingerprint density at radius 3 is 2.33 bits per heavy atom. The molecule has 39 heavy (non-hydrogen) atoms. The Morgan fingerprint density at radius 1 is 1.03 bits per heavy atom. The second kappa shape index (κ2) is 13.0. The van der Waals surface area contributed by atoms with E-state index < -0.39 is 47.7 Å². The number of carbonyl (C=O) groups excluding carboxylic acids is 3. The summed E-state index contributed by atoms with van der Waals surface area (Å²) in [5, 5.41) is 20.4. The van der Waals surface area contributed by atoms with E-state index in [1.54, 1.807) is 6.92 Å². The first kappa shape index (κ1) is 29.1. The van der Waals surface area contributed by atoms with Gasteiger partial charge in [0.05, 0.1) is 16.4 Å². The smallest absolute Gasteiger partial charge is 0.417 e. The number of imide groups is 1. The number of hydrogen-bond donors (Lipinski definition) is 2. The predicted octanol–water partition coefficient (Wildman–Crippen LogP) is 4.83. The molecular weight excluding hydrogens is 566 g/mol. The van der Waals surface area contributed by atoms with Crippen LogP contribution in [0.2, 0.25) is 0 Å². The molecule has 0 aromatic heterocycles. The van der Waals surface area contributed by atoms with Gasteiger partial charge < -0.3 is 19.7 Å². The van der Waals surface area contributed by atoms with Crippen LogP contribution in [0.1, 0.15) is 56.3 Å². The third-order valence-corrected chi connectivity index (χ3v) is 8.13. The Hall–Kier alpha value is -2.85. The van der Waals surface area contributed by atoms with E-state index in [0.29, 0.717) is 12.8 Å². The minimum Gasteiger partial charge on any atom is -0.439 e. The summed E-state index contributed by atoms with van der Waals surface area (Å²) in [5.74, 6) is -3.94. The second-order valence-electron chi connectivity index (χ2n) is 10.1. The molecule has 1 saturated heterocycles. The molecule has 1 fully saturated rings. The van der Waals surface area contributed by atoms with Gasteiger partial charge in [0, 0.05) is 13.0 Å². The molecule has 2 aliphatic rings. The molecular formula is C30H34BrNO7. The van der Waals surface area contributed by atoms with Gasteiger partial charge in [0.2, 0.25) is 5.91 Å². The number of nitrogens with zero attached hydrogens (tertiary/aromatic N) is 1. The van der Waals surface area contributed by atoms with E-state index >= 15 is 0 Å². The van der Waals surface area contributed by atoms with Crippen LogP contribution in [0.25, 0.3) is 0 Å². The number of halogens is 1. The van der Waals surface area contributed by atoms with Crippen molar-refractivity contribution in [3.63, 3.8) is 0 Å². The molecule has 2 aromatic rings. The van der Waals surface area contributed by atoms with Crippen molar-refractivity contribution in [2.75, 3.05) is 6.61 Å². The normalized spacial score (nSPS) is 25.8. The van der Waals surface area contributed by atoms with Crippen LogP contribution in [0.15, 0.2) is 71.2 Å². The number of ketones is 1. The van der Waals surface area contributed by atoms with Crippen molar-refractivity contribution >= 4 is 33.7 Å². The fourth-order valence-corrected chi connectivity index (χ4v) is 5.67. The van der Waals surface area contributed by atoms with Crippen LogP contribution in [0, 0.1) is 5.92 Å². The van der Waals surface area contributed by atoms with E-state index in [-0.39, 0.29) is 23.9 Å². The van der Waals surface area contributed by atoms with Crippen LogP contribution in [-0.4, -0.2) is 57.4 Å². The lowest BCUT2D eigenvalue weighted by molar-refractivity contribution is -0.218. The number of hydrogen-bond acceptors (Lipinski definition) is 7. The zero-order valence-electron chi connectivity index (χ0n) is 21.9. The maximum atomic E-state index is 14.1. The number of unbranched alkanes of at least 4 members (excludes halogenated alkanes) is 3. The third-order valence-electron chi connectivity index (χ3n) is 7.28.